The van der Waals surface area contributed by atoms with Gasteiger partial charge in [0, 0.05) is 53.4 Å². The van der Waals surface area contributed by atoms with Crippen LogP contribution in [0.1, 0.15) is 34.2 Å². The molecule has 127 valence electrons. The van der Waals surface area contributed by atoms with Crippen LogP contribution in [0.3, 0.4) is 0 Å². The van der Waals surface area contributed by atoms with E-state index in [1.165, 1.54) is 0 Å². The second-order valence-electron chi connectivity index (χ2n) is 5.58. The molecule has 1 aliphatic rings. The summed E-state index contributed by atoms with van der Waals surface area (Å²) < 4.78 is 25.8. The molecule has 0 saturated heterocycles. The Morgan fingerprint density at radius 3 is 0.920 bits per heavy atom. The van der Waals surface area contributed by atoms with Crippen LogP contribution in [0.5, 0.6) is 0 Å². The van der Waals surface area contributed by atoms with Gasteiger partial charge in [-0.1, -0.05) is 18.2 Å². The summed E-state index contributed by atoms with van der Waals surface area (Å²) in [5.41, 5.74) is 6.38. The van der Waals surface area contributed by atoms with Crippen molar-refractivity contribution in [3.05, 3.63) is 88.8 Å². The van der Waals surface area contributed by atoms with Gasteiger partial charge in [-0.3, -0.25) is 15.0 Å². The monoisotopic (exact) mass is 508 g/mol. The molecule has 4 heterocycles. The van der Waals surface area contributed by atoms with Gasteiger partial charge in [-0.05, 0) is 36.4 Å². The summed E-state index contributed by atoms with van der Waals surface area (Å²) >= 11 is -4.21. The number of hydrogen-bond donors (Lipinski definition) is 0. The van der Waals surface area contributed by atoms with Crippen LogP contribution in [-0.4, -0.2) is 15.0 Å². The number of rotatable bonds is 0. The quantitative estimate of drug-likeness (QED) is 0.364. The molecule has 0 aromatic carbocycles. The van der Waals surface area contributed by atoms with Gasteiger partial charge in [-0.25, -0.2) is 0 Å². The molecule has 0 fully saturated rings. The summed E-state index contributed by atoms with van der Waals surface area (Å²) in [6.45, 7) is 0. The molecule has 6 nitrogen and oxygen atoms in total. The smallest absolute Gasteiger partial charge is 0.0466 e. The van der Waals surface area contributed by atoms with Crippen molar-refractivity contribution in [3.8, 4) is 0 Å². The summed E-state index contributed by atoms with van der Waals surface area (Å²) in [4.78, 5) is 14.2. The molecule has 25 heavy (non-hydrogen) atoms. The molecule has 0 N–H and O–H groups in total. The number of pyridine rings is 3. The Kier molecular flexibility index (Phi) is 5.59. The fourth-order valence-electron chi connectivity index (χ4n) is 2.74. The molecule has 0 atom stereocenters. The molecule has 0 radical (unpaired) electrons. The second-order valence-corrected chi connectivity index (χ2v) is 6.94. The van der Waals surface area contributed by atoms with E-state index in [1.807, 2.05) is 0 Å². The molecular weight excluding hydrogens is 492 g/mol. The first-order valence-electron chi connectivity index (χ1n) is 7.66. The van der Waals surface area contributed by atoms with Gasteiger partial charge in [0.2, 0.25) is 0 Å². The van der Waals surface area contributed by atoms with Gasteiger partial charge in [0.25, 0.3) is 0 Å². The van der Waals surface area contributed by atoms with E-state index in [0.29, 0.717) is 0 Å². The van der Waals surface area contributed by atoms with Crippen molar-refractivity contribution >= 4 is 0 Å². The molecule has 0 unspecified atom stereocenters. The van der Waals surface area contributed by atoms with Gasteiger partial charge in [0.1, 0.15) is 0 Å². The Balaban J connectivity index is 0.000000415. The number of aromatic nitrogens is 3. The second kappa shape index (κ2) is 8.06. The zero-order chi connectivity index (χ0) is 17.6. The van der Waals surface area contributed by atoms with Crippen LogP contribution < -0.4 is 0 Å². The van der Waals surface area contributed by atoms with Gasteiger partial charge in [0.15, 0.2) is 0 Å². The average molecular weight is 508 g/mol. The molecule has 0 aliphatic carbocycles. The van der Waals surface area contributed by atoms with Crippen molar-refractivity contribution in [2.75, 3.05) is 0 Å². The minimum Gasteiger partial charge on any atom is -0.257 e. The minimum absolute atomic E-state index is 0.781. The zero-order valence-electron chi connectivity index (χ0n) is 13.3. The fourth-order valence-corrected chi connectivity index (χ4v) is 2.74. The van der Waals surface area contributed by atoms with Crippen LogP contribution in [0.15, 0.2) is 54.6 Å². The first-order chi connectivity index (χ1) is 12.1. The first-order valence-corrected chi connectivity index (χ1v) is 11.0. The van der Waals surface area contributed by atoms with Crippen LogP contribution in [-0.2, 0) is 46.3 Å². The minimum atomic E-state index is -4.21. The molecule has 0 saturated carbocycles. The van der Waals surface area contributed by atoms with Crippen LogP contribution in [0.25, 0.3) is 0 Å². The van der Waals surface area contributed by atoms with Crippen molar-refractivity contribution in [2.24, 2.45) is 0 Å². The Morgan fingerprint density at radius 1 is 0.520 bits per heavy atom. The molecule has 1 aliphatic heterocycles. The van der Waals surface area contributed by atoms with Crippen molar-refractivity contribution in [3.63, 3.8) is 0 Å². The molecule has 0 amide bonds. The van der Waals surface area contributed by atoms with Crippen LogP contribution in [0.2, 0.25) is 0 Å². The van der Waals surface area contributed by atoms with E-state index >= 15 is 0 Å². The third kappa shape index (κ3) is 5.25. The maximum atomic E-state index is 8.60. The van der Waals surface area contributed by atoms with Crippen LogP contribution >= 0.6 is 0 Å². The van der Waals surface area contributed by atoms with Gasteiger partial charge in [-0.15, -0.1) is 0 Å². The first kappa shape index (κ1) is 17.3. The van der Waals surface area contributed by atoms with Crippen molar-refractivity contribution < 1.29 is 27.0 Å². The van der Waals surface area contributed by atoms with Gasteiger partial charge in [0.05, 0.1) is 0 Å². The van der Waals surface area contributed by atoms with E-state index in [2.05, 4.69) is 54.6 Å². The summed E-state index contributed by atoms with van der Waals surface area (Å²) in [5.74, 6) is 0. The Bertz CT molecular complexity index is 838. The van der Waals surface area contributed by atoms with Crippen LogP contribution in [0.4, 0.5) is 0 Å². The number of hydrogen-bond acceptors (Lipinski definition) is 6. The molecule has 3 aromatic heterocycles. The van der Waals surface area contributed by atoms with Crippen molar-refractivity contribution in [2.45, 2.75) is 19.3 Å². The van der Waals surface area contributed by atoms with E-state index in [1.54, 1.807) is 0 Å². The van der Waals surface area contributed by atoms with E-state index in [9.17, 15) is 0 Å². The van der Waals surface area contributed by atoms with Crippen LogP contribution in [0, 0.1) is 0 Å². The molecule has 0 spiro atoms. The summed E-state index contributed by atoms with van der Waals surface area (Å²) in [5, 5.41) is 0. The maximum absolute atomic E-state index is 8.60. The van der Waals surface area contributed by atoms with E-state index in [4.69, 9.17) is 25.4 Å². The van der Waals surface area contributed by atoms with Gasteiger partial charge < -0.3 is 0 Å². The van der Waals surface area contributed by atoms with Gasteiger partial charge in [-0.2, -0.15) is 0 Å². The Hall–Kier alpha value is -2.49. The van der Waals surface area contributed by atoms with Crippen molar-refractivity contribution in [1.82, 2.24) is 15.0 Å². The summed E-state index contributed by atoms with van der Waals surface area (Å²) in [7, 11) is 0. The summed E-state index contributed by atoms with van der Waals surface area (Å²) in [6, 6.07) is 18.6. The fraction of sp³-hybridized carbons (Fsp3) is 0.167. The molecule has 6 bridgehead atoms. The number of nitrogens with zero attached hydrogens (tertiary/aromatic N) is 3. The van der Waals surface area contributed by atoms with Gasteiger partial charge >= 0.3 is 27.0 Å². The van der Waals surface area contributed by atoms with E-state index in [0.717, 1.165) is 53.4 Å². The Labute approximate surface area is 150 Å². The summed E-state index contributed by atoms with van der Waals surface area (Å²) in [6.07, 6.45) is 2.34. The standard InChI is InChI=1S/C18H15N3.3O.Re/c1-4-13-10-15-6-2-8-17(20-15)12-18-9-3-7-16(21-18)11-14(5-1)19-13;;;;/h1-9H,10-12H2;;;;. The number of fused-ring (bicyclic) bond motifs is 6. The average Bonchev–Trinajstić information content (AvgIpc) is 2.54. The molecule has 4 rings (SSSR count). The third-order valence-electron chi connectivity index (χ3n) is 3.68. The maximum Gasteiger partial charge on any atom is 0.0466 e. The van der Waals surface area contributed by atoms with E-state index < -0.39 is 16.6 Å². The molecular formula is C18H15N3O3Re. The topological polar surface area (TPSA) is 89.9 Å². The molecule has 3 aromatic rings. The normalized spacial score (nSPS) is 12.0. The SMILES string of the molecule is [O]=[Re](=[O])=[O].c1cc2nc(c1)Cc1cccc(n1)Cc1cccc(n1)C2. The predicted octanol–water partition coefficient (Wildman–Crippen LogP) is 2.60. The third-order valence-corrected chi connectivity index (χ3v) is 3.68. The zero-order valence-corrected chi connectivity index (χ0v) is 16.0. The molecule has 7 heteroatoms. The largest absolute Gasteiger partial charge is 0.257 e. The van der Waals surface area contributed by atoms with Crippen molar-refractivity contribution in [1.29, 1.82) is 0 Å². The predicted molar refractivity (Wildman–Crippen MR) is 83.2 cm³/mol. The van der Waals surface area contributed by atoms with E-state index in [-0.39, 0.29) is 0 Å². The Morgan fingerprint density at radius 2 is 0.720 bits per heavy atom.